The number of nitrogens with zero attached hydrogens (tertiary/aromatic N) is 2. The fraction of sp³-hybridized carbons (Fsp3) is 0.243. The van der Waals surface area contributed by atoms with E-state index in [1.54, 1.807) is 0 Å². The number of rotatable bonds is 5. The molecule has 1 radical (unpaired) electrons. The van der Waals surface area contributed by atoms with Crippen molar-refractivity contribution < 1.29 is 24.5 Å². The monoisotopic (exact) mass is 869 g/mol. The van der Waals surface area contributed by atoms with Crippen molar-refractivity contribution >= 4 is 57.3 Å². The molecule has 0 saturated heterocycles. The van der Waals surface area contributed by atoms with Crippen molar-refractivity contribution in [3.63, 3.8) is 0 Å². The van der Waals surface area contributed by atoms with E-state index < -0.39 is 26.5 Å². The Kier molecular flexibility index (Phi) is 10.6. The molecule has 0 bridgehead atoms. The average molecular weight is 866 g/mol. The van der Waals surface area contributed by atoms with Gasteiger partial charge in [0.15, 0.2) is 0 Å². The molecule has 0 aliphatic rings. The van der Waals surface area contributed by atoms with Crippen LogP contribution in [-0.4, -0.2) is 36.5 Å². The van der Waals surface area contributed by atoms with Crippen LogP contribution in [0.4, 0.5) is 0 Å². The Balaban J connectivity index is 0.000000215. The van der Waals surface area contributed by atoms with E-state index in [0.717, 1.165) is 39.1 Å². The van der Waals surface area contributed by atoms with Crippen LogP contribution in [0, 0.1) is 12.1 Å². The van der Waals surface area contributed by atoms with E-state index in [-0.39, 0.29) is 20.1 Å². The SMILES string of the molecule is CC(C)c1ccnc(-c2[c-]cc3oc4c[c]([Ge]([CH3])([CH3])[CH3])ccc4c3c2)c1.[CH3][Ge]([CH3])([CH3])[c]1ccc(-c2[c-]cccc2)nc1.[Ir]. The summed E-state index contributed by atoms with van der Waals surface area (Å²) in [6.45, 7) is 4.40. The number of fused-ring (bicyclic) bond motifs is 3. The third-order valence-electron chi connectivity index (χ3n) is 7.61. The summed E-state index contributed by atoms with van der Waals surface area (Å²) < 4.78 is 9.03. The summed E-state index contributed by atoms with van der Waals surface area (Å²) >= 11 is -3.59. The van der Waals surface area contributed by atoms with Crippen LogP contribution in [0.5, 0.6) is 0 Å². The summed E-state index contributed by atoms with van der Waals surface area (Å²) in [6.07, 6.45) is 3.92. The Bertz CT molecular complexity index is 1820. The number of furan rings is 1. The number of hydrogen-bond donors (Lipinski definition) is 0. The second-order valence-corrected chi connectivity index (χ2v) is 34.6. The zero-order chi connectivity index (χ0) is 30.1. The molecule has 3 heterocycles. The van der Waals surface area contributed by atoms with Crippen LogP contribution in [0.1, 0.15) is 25.3 Å². The van der Waals surface area contributed by atoms with Crippen LogP contribution >= 0.6 is 0 Å². The van der Waals surface area contributed by atoms with Gasteiger partial charge in [0, 0.05) is 20.1 Å². The maximum absolute atomic E-state index is 6.12. The summed E-state index contributed by atoms with van der Waals surface area (Å²) in [4.78, 5) is 9.09. The Morgan fingerprint density at radius 1 is 0.674 bits per heavy atom. The van der Waals surface area contributed by atoms with E-state index in [9.17, 15) is 0 Å². The topological polar surface area (TPSA) is 38.9 Å². The summed E-state index contributed by atoms with van der Waals surface area (Å²) in [5.41, 5.74) is 7.22. The molecule has 43 heavy (non-hydrogen) atoms. The Morgan fingerprint density at radius 3 is 2.05 bits per heavy atom. The van der Waals surface area contributed by atoms with Crippen LogP contribution < -0.4 is 8.79 Å². The minimum Gasteiger partial charge on any atom is 0 e. The molecule has 0 spiro atoms. The summed E-state index contributed by atoms with van der Waals surface area (Å²) in [7, 11) is 0. The van der Waals surface area contributed by atoms with Gasteiger partial charge in [-0.2, -0.15) is 0 Å². The van der Waals surface area contributed by atoms with Crippen molar-refractivity contribution in [2.24, 2.45) is 0 Å². The molecule has 6 aromatic rings. The van der Waals surface area contributed by atoms with Gasteiger partial charge in [-0.05, 0) is 0 Å². The minimum absolute atomic E-state index is 0. The van der Waals surface area contributed by atoms with E-state index in [2.05, 4.69) is 119 Å². The molecule has 0 unspecified atom stereocenters. The second kappa shape index (κ2) is 13.6. The minimum atomic E-state index is -1.87. The van der Waals surface area contributed by atoms with E-state index >= 15 is 0 Å². The first kappa shape index (κ1) is 33.4. The van der Waals surface area contributed by atoms with Gasteiger partial charge in [-0.1, -0.05) is 0 Å². The van der Waals surface area contributed by atoms with Crippen molar-refractivity contribution in [3.05, 3.63) is 109 Å². The van der Waals surface area contributed by atoms with Crippen molar-refractivity contribution in [1.82, 2.24) is 9.97 Å². The first-order valence-corrected chi connectivity index (χ1v) is 29.4. The first-order valence-electron chi connectivity index (χ1n) is 14.7. The Morgan fingerprint density at radius 2 is 1.42 bits per heavy atom. The molecule has 0 fully saturated rings. The van der Waals surface area contributed by atoms with E-state index in [4.69, 9.17) is 4.42 Å². The normalized spacial score (nSPS) is 11.7. The molecule has 6 heteroatoms. The zero-order valence-corrected chi connectivity index (χ0v) is 33.0. The molecule has 3 aromatic carbocycles. The van der Waals surface area contributed by atoms with Crippen molar-refractivity contribution in [2.75, 3.05) is 0 Å². The molecule has 0 saturated carbocycles. The van der Waals surface area contributed by atoms with Gasteiger partial charge in [0.05, 0.1) is 0 Å². The van der Waals surface area contributed by atoms with Crippen molar-refractivity contribution in [3.8, 4) is 22.5 Å². The number of pyridine rings is 2. The van der Waals surface area contributed by atoms with Gasteiger partial charge in [0.2, 0.25) is 0 Å². The molecule has 0 N–H and O–H groups in total. The fourth-order valence-electron chi connectivity index (χ4n) is 4.84. The van der Waals surface area contributed by atoms with Crippen LogP contribution in [-0.2, 0) is 20.1 Å². The third kappa shape index (κ3) is 7.96. The molecular weight excluding hydrogens is 826 g/mol. The molecule has 0 amide bonds. The first-order chi connectivity index (χ1) is 19.9. The quantitative estimate of drug-likeness (QED) is 0.128. The third-order valence-corrected chi connectivity index (χ3v) is 16.2. The smallest absolute Gasteiger partial charge is 0 e. The van der Waals surface area contributed by atoms with Gasteiger partial charge in [0.1, 0.15) is 0 Å². The predicted molar refractivity (Wildman–Crippen MR) is 184 cm³/mol. The van der Waals surface area contributed by atoms with Gasteiger partial charge in [-0.15, -0.1) is 0 Å². The van der Waals surface area contributed by atoms with Gasteiger partial charge in [0.25, 0.3) is 0 Å². The number of aromatic nitrogens is 2. The van der Waals surface area contributed by atoms with Gasteiger partial charge >= 0.3 is 257 Å². The predicted octanol–water partition coefficient (Wildman–Crippen LogP) is 9.21. The molecule has 6 rings (SSSR count). The van der Waals surface area contributed by atoms with Crippen LogP contribution in [0.25, 0.3) is 44.5 Å². The van der Waals surface area contributed by atoms with Crippen LogP contribution in [0.3, 0.4) is 0 Å². The fourth-order valence-corrected chi connectivity index (χ4v) is 9.42. The van der Waals surface area contributed by atoms with E-state index in [0.29, 0.717) is 5.92 Å². The van der Waals surface area contributed by atoms with E-state index in [1.165, 1.54) is 19.7 Å². The molecule has 223 valence electrons. The van der Waals surface area contributed by atoms with Gasteiger partial charge < -0.3 is 0 Å². The summed E-state index contributed by atoms with van der Waals surface area (Å²) in [5.74, 6) is 14.8. The molecule has 3 nitrogen and oxygen atoms in total. The molecule has 3 aromatic heterocycles. The van der Waals surface area contributed by atoms with E-state index in [1.807, 2.05) is 42.7 Å². The second-order valence-electron chi connectivity index (χ2n) is 13.3. The van der Waals surface area contributed by atoms with Gasteiger partial charge in [-0.3, -0.25) is 0 Å². The molecule has 0 atom stereocenters. The summed E-state index contributed by atoms with van der Waals surface area (Å²) in [5, 5.41) is 2.31. The molecule has 0 aliphatic heterocycles. The average Bonchev–Trinajstić information content (AvgIpc) is 3.34. The number of hydrogen-bond acceptors (Lipinski definition) is 3. The van der Waals surface area contributed by atoms with Crippen LogP contribution in [0.2, 0.25) is 34.5 Å². The molecular formula is C37H40Ge2IrN2O-2. The number of benzene rings is 3. The van der Waals surface area contributed by atoms with Gasteiger partial charge in [-0.25, -0.2) is 0 Å². The van der Waals surface area contributed by atoms with Crippen LogP contribution in [0.15, 0.2) is 95.7 Å². The molecule has 0 aliphatic carbocycles. The van der Waals surface area contributed by atoms with Crippen molar-refractivity contribution in [1.29, 1.82) is 0 Å². The Labute approximate surface area is 275 Å². The van der Waals surface area contributed by atoms with Crippen molar-refractivity contribution in [2.45, 2.75) is 54.3 Å². The zero-order valence-electron chi connectivity index (χ0n) is 26.4. The standard InChI is InChI=1S/C23H24GeNO.C14H16GeN.Ir/c1-15(2)16-10-11-25-21(13-16)17-6-9-22-20(12-17)19-8-7-18(24(3,4)5)14-23(19)26-22;1-15(2,3)13-9-10-14(16-11-13)12-7-5-4-6-8-12;/h7-15H,1-5H3;4-7,9-11H,1-3H3;/q2*-1;. The maximum Gasteiger partial charge on any atom is 0 e. The maximum atomic E-state index is 6.12. The Hall–Kier alpha value is -2.50. The summed E-state index contributed by atoms with van der Waals surface area (Å²) in [6, 6.07) is 33.9. The largest absolute Gasteiger partial charge is 0 e.